The Morgan fingerprint density at radius 1 is 0.391 bits per heavy atom. The molecule has 346 valence electrons. The van der Waals surface area contributed by atoms with Crippen LogP contribution in [-0.4, -0.2) is 15.9 Å². The maximum Gasteiger partial charge on any atom is 0.337 e. The average Bonchev–Trinajstić information content (AvgIpc) is 3.92. The van der Waals surface area contributed by atoms with Crippen LogP contribution in [0.25, 0.3) is 71.4 Å². The molecule has 2 aliphatic rings. The van der Waals surface area contributed by atoms with Crippen LogP contribution in [0.2, 0.25) is 0 Å². The van der Waals surface area contributed by atoms with E-state index in [4.69, 9.17) is 4.42 Å². The minimum Gasteiger partial charge on any atom is -0.440 e. The smallest absolute Gasteiger partial charge is 0.337 e. The lowest BCUT2D eigenvalue weighted by atomic mass is 9.45. The van der Waals surface area contributed by atoms with Crippen molar-refractivity contribution < 1.29 is 4.42 Å². The molecule has 0 N–H and O–H groups in total. The number of aromatic nitrogens is 2. The Labute approximate surface area is 409 Å². The van der Waals surface area contributed by atoms with Gasteiger partial charge in [-0.15, -0.1) is 0 Å². The van der Waals surface area contributed by atoms with Crippen molar-refractivity contribution in [1.29, 1.82) is 0 Å². The molecule has 0 atom stereocenters. The summed E-state index contributed by atoms with van der Waals surface area (Å²) in [4.78, 5) is 2.46. The highest BCUT2D eigenvalue weighted by Gasteiger charge is 2.47. The summed E-state index contributed by atoms with van der Waals surface area (Å²) >= 11 is 0. The van der Waals surface area contributed by atoms with Gasteiger partial charge in [0.05, 0.1) is 11.0 Å². The molecule has 2 aliphatic heterocycles. The molecule has 12 rings (SSSR count). The summed E-state index contributed by atoms with van der Waals surface area (Å²) in [6.07, 6.45) is 0. The number of benzene rings is 7. The topological polar surface area (TPSA) is 26.2 Å². The highest BCUT2D eigenvalue weighted by atomic mass is 16.4. The van der Waals surface area contributed by atoms with Crippen LogP contribution in [0, 0.1) is 0 Å². The minimum absolute atomic E-state index is 0.00877. The molecule has 4 nitrogen and oxygen atoms in total. The van der Waals surface area contributed by atoms with E-state index in [0.29, 0.717) is 0 Å². The van der Waals surface area contributed by atoms with Gasteiger partial charge in [-0.25, -0.2) is 0 Å². The number of hydrogen-bond donors (Lipinski definition) is 0. The van der Waals surface area contributed by atoms with Crippen molar-refractivity contribution in [3.8, 4) is 16.8 Å². The molecule has 7 aromatic carbocycles. The largest absolute Gasteiger partial charge is 0.440 e. The third-order valence-corrected chi connectivity index (χ3v) is 15.7. The summed E-state index contributed by atoms with van der Waals surface area (Å²) in [6.45, 7) is 34.8. The van der Waals surface area contributed by atoms with Gasteiger partial charge in [-0.2, -0.15) is 0 Å². The number of furan rings is 1. The first kappa shape index (κ1) is 43.8. The zero-order valence-corrected chi connectivity index (χ0v) is 43.5. The molecule has 0 amide bonds. The molecule has 0 unspecified atom stereocenters. The average molecular weight is 904 g/mol. The van der Waals surface area contributed by atoms with Crippen molar-refractivity contribution >= 4 is 89.6 Å². The van der Waals surface area contributed by atoms with Gasteiger partial charge in [0.1, 0.15) is 5.58 Å². The molecule has 0 bridgehead atoms. The van der Waals surface area contributed by atoms with Gasteiger partial charge >= 0.3 is 6.85 Å². The first-order valence-electron chi connectivity index (χ1n) is 25.2. The van der Waals surface area contributed by atoms with Crippen LogP contribution in [0.4, 0.5) is 17.3 Å². The summed E-state index contributed by atoms with van der Waals surface area (Å²) in [5, 5.41) is 6.30. The van der Waals surface area contributed by atoms with Gasteiger partial charge in [-0.05, 0) is 145 Å². The molecular formula is C64H66BN3O. The second-order valence-corrected chi connectivity index (χ2v) is 25.6. The molecule has 5 heterocycles. The molecule has 0 fully saturated rings. The monoisotopic (exact) mass is 904 g/mol. The Hall–Kier alpha value is -6.46. The van der Waals surface area contributed by atoms with Gasteiger partial charge in [0.25, 0.3) is 0 Å². The minimum atomic E-state index is -0.168. The van der Waals surface area contributed by atoms with E-state index in [2.05, 4.69) is 245 Å². The van der Waals surface area contributed by atoms with Crippen LogP contribution in [-0.2, 0) is 27.1 Å². The SMILES string of the molecule is CC(C)(C)c1ccc(N2c3cc(C(C)(C)C)cc4c3B(c3c2oc2ccc(C(C)(C)C)cc32)n2c3cc5c6cc(C(C)(C)C)ccc6n(-c6ccccc6)c5cc3c3cc(C(C)(C)C)cc-4c32)cc1. The van der Waals surface area contributed by atoms with Crippen molar-refractivity contribution in [3.63, 3.8) is 0 Å². The third-order valence-electron chi connectivity index (χ3n) is 15.7. The van der Waals surface area contributed by atoms with Gasteiger partial charge in [-0.1, -0.05) is 152 Å². The van der Waals surface area contributed by atoms with Gasteiger partial charge in [-0.3, -0.25) is 4.90 Å². The highest BCUT2D eigenvalue weighted by molar-refractivity contribution is 6.91. The quantitative estimate of drug-likeness (QED) is 0.162. The Bertz CT molecular complexity index is 3790. The van der Waals surface area contributed by atoms with Crippen molar-refractivity contribution in [2.45, 2.75) is 131 Å². The van der Waals surface area contributed by atoms with E-state index < -0.39 is 0 Å². The van der Waals surface area contributed by atoms with Crippen LogP contribution in [0.15, 0.2) is 132 Å². The molecule has 0 saturated heterocycles. The van der Waals surface area contributed by atoms with Gasteiger partial charge in [0.2, 0.25) is 5.88 Å². The molecular weight excluding hydrogens is 838 g/mol. The molecule has 69 heavy (non-hydrogen) atoms. The molecule has 10 aromatic rings. The lowest BCUT2D eigenvalue weighted by Gasteiger charge is -2.39. The highest BCUT2D eigenvalue weighted by Crippen LogP contribution is 2.51. The molecule has 0 radical (unpaired) electrons. The summed E-state index contributed by atoms with van der Waals surface area (Å²) in [7, 11) is 0. The second kappa shape index (κ2) is 14.1. The summed E-state index contributed by atoms with van der Waals surface area (Å²) < 4.78 is 12.6. The molecule has 0 aliphatic carbocycles. The number of fused-ring (bicyclic) bond motifs is 12. The number of anilines is 3. The maximum absolute atomic E-state index is 7.37. The zero-order valence-electron chi connectivity index (χ0n) is 43.5. The number of rotatable bonds is 2. The van der Waals surface area contributed by atoms with Crippen LogP contribution >= 0.6 is 0 Å². The maximum atomic E-state index is 7.37. The van der Waals surface area contributed by atoms with E-state index in [1.54, 1.807) is 0 Å². The normalized spacial score (nSPS) is 14.2. The fraction of sp³-hybridized carbons (Fsp3) is 0.312. The fourth-order valence-electron chi connectivity index (χ4n) is 11.6. The first-order valence-corrected chi connectivity index (χ1v) is 25.2. The van der Waals surface area contributed by atoms with Gasteiger partial charge < -0.3 is 13.5 Å². The molecule has 0 saturated carbocycles. The fourth-order valence-corrected chi connectivity index (χ4v) is 11.6. The predicted molar refractivity (Wildman–Crippen MR) is 298 cm³/mol. The van der Waals surface area contributed by atoms with E-state index in [9.17, 15) is 0 Å². The van der Waals surface area contributed by atoms with Crippen LogP contribution in [0.5, 0.6) is 0 Å². The van der Waals surface area contributed by atoms with Crippen LogP contribution < -0.4 is 15.8 Å². The Kier molecular flexibility index (Phi) is 8.94. The van der Waals surface area contributed by atoms with Gasteiger partial charge in [0, 0.05) is 66.1 Å². The standard InChI is InChI=1S/C64H66BN3O/c1-60(2,3)37-21-25-43(26-22-37)67-54-34-41(64(13,14)15)31-47-49-33-40(63(10,11)12)32-48-46-35-52-45(44-29-38(61(4,5)6)23-27-51(44)66(52)42-19-17-16-18-20-42)36-53(46)68(58(48)49)65(56(47)54)57-50-30-39(62(7,8)9)24-28-55(50)69-59(57)67/h16-36H,1-15H3. The van der Waals surface area contributed by atoms with Crippen molar-refractivity contribution in [2.75, 3.05) is 4.90 Å². The van der Waals surface area contributed by atoms with Gasteiger partial charge in [0.15, 0.2) is 0 Å². The second-order valence-electron chi connectivity index (χ2n) is 25.6. The van der Waals surface area contributed by atoms with Crippen molar-refractivity contribution in [2.24, 2.45) is 0 Å². The predicted octanol–water partition coefficient (Wildman–Crippen LogP) is 16.5. The first-order chi connectivity index (χ1) is 32.4. The van der Waals surface area contributed by atoms with E-state index in [-0.39, 0.29) is 33.9 Å². The van der Waals surface area contributed by atoms with E-state index in [1.807, 2.05) is 0 Å². The molecule has 3 aromatic heterocycles. The van der Waals surface area contributed by atoms with Crippen LogP contribution in [0.1, 0.15) is 132 Å². The number of nitrogens with zero attached hydrogens (tertiary/aromatic N) is 3. The Balaban J connectivity index is 1.29. The third kappa shape index (κ3) is 6.48. The summed E-state index contributed by atoms with van der Waals surface area (Å²) in [5.74, 6) is 0.899. The van der Waals surface area contributed by atoms with E-state index >= 15 is 0 Å². The van der Waals surface area contributed by atoms with Crippen molar-refractivity contribution in [3.05, 3.63) is 155 Å². The lowest BCUT2D eigenvalue weighted by molar-refractivity contribution is 0.588. The van der Waals surface area contributed by atoms with E-state index in [0.717, 1.165) is 17.2 Å². The number of para-hydroxylation sites is 1. The number of hydrogen-bond acceptors (Lipinski definition) is 2. The van der Waals surface area contributed by atoms with E-state index in [1.165, 1.54) is 110 Å². The molecule has 5 heteroatoms. The Morgan fingerprint density at radius 3 is 1.55 bits per heavy atom. The van der Waals surface area contributed by atoms with Crippen LogP contribution in [0.3, 0.4) is 0 Å². The van der Waals surface area contributed by atoms with Crippen molar-refractivity contribution in [1.82, 2.24) is 9.05 Å². The summed E-state index contributed by atoms with van der Waals surface area (Å²) in [6, 6.07) is 49.5. The Morgan fingerprint density at radius 2 is 0.913 bits per heavy atom. The molecule has 0 spiro atoms. The zero-order chi connectivity index (χ0) is 48.6. The lowest BCUT2D eigenvalue weighted by Crippen LogP contribution is -2.56. The summed E-state index contributed by atoms with van der Waals surface area (Å²) in [5.41, 5.74) is 20.9.